The van der Waals surface area contributed by atoms with Crippen molar-refractivity contribution >= 4 is 29.9 Å². The number of likely N-dealkylation sites (tertiary alicyclic amines) is 1. The van der Waals surface area contributed by atoms with Crippen molar-refractivity contribution in [1.82, 2.24) is 15.1 Å². The average Bonchev–Trinajstić information content (AvgIpc) is 3.07. The fourth-order valence-corrected chi connectivity index (χ4v) is 2.96. The Morgan fingerprint density at radius 2 is 2.08 bits per heavy atom. The second-order valence-electron chi connectivity index (χ2n) is 6.33. The number of likely N-dealkylation sites (N-methyl/N-ethyl adjacent to an activating group) is 1. The van der Waals surface area contributed by atoms with Crippen LogP contribution < -0.4 is 10.1 Å². The second kappa shape index (κ2) is 12.4. The second-order valence-corrected chi connectivity index (χ2v) is 6.33. The first-order chi connectivity index (χ1) is 11.7. The molecule has 1 saturated heterocycles. The van der Waals surface area contributed by atoms with Gasteiger partial charge in [0.15, 0.2) is 5.96 Å². The summed E-state index contributed by atoms with van der Waals surface area (Å²) in [7, 11) is 2.07. The number of benzene rings is 1. The van der Waals surface area contributed by atoms with Crippen LogP contribution in [0.4, 0.5) is 0 Å². The Morgan fingerprint density at radius 1 is 1.32 bits per heavy atom. The first kappa shape index (κ1) is 22.0. The first-order valence-corrected chi connectivity index (χ1v) is 9.12. The zero-order valence-corrected chi connectivity index (χ0v) is 18.1. The molecule has 0 aromatic heterocycles. The predicted octanol–water partition coefficient (Wildman–Crippen LogP) is 2.92. The Morgan fingerprint density at radius 3 is 2.72 bits per heavy atom. The number of ether oxygens (including phenoxy) is 1. The van der Waals surface area contributed by atoms with Crippen LogP contribution in [0.2, 0.25) is 0 Å². The number of hydrogen-bond acceptors (Lipinski definition) is 3. The summed E-state index contributed by atoms with van der Waals surface area (Å²) < 4.78 is 5.78. The maximum absolute atomic E-state index is 5.78. The molecular weight excluding hydrogens is 427 g/mol. The van der Waals surface area contributed by atoms with Gasteiger partial charge in [-0.2, -0.15) is 0 Å². The Bertz CT molecular complexity index is 497. The number of nitrogens with one attached hydrogen (secondary N) is 1. The minimum absolute atomic E-state index is 0. The van der Waals surface area contributed by atoms with E-state index in [0.717, 1.165) is 37.9 Å². The summed E-state index contributed by atoms with van der Waals surface area (Å²) in [5, 5.41) is 3.39. The molecule has 25 heavy (non-hydrogen) atoms. The molecule has 1 aliphatic heterocycles. The first-order valence-electron chi connectivity index (χ1n) is 9.12. The van der Waals surface area contributed by atoms with E-state index in [1.54, 1.807) is 0 Å². The van der Waals surface area contributed by atoms with E-state index in [9.17, 15) is 0 Å². The molecular formula is C19H33IN4O. The molecule has 0 aliphatic carbocycles. The van der Waals surface area contributed by atoms with Crippen molar-refractivity contribution < 1.29 is 4.74 Å². The predicted molar refractivity (Wildman–Crippen MR) is 116 cm³/mol. The summed E-state index contributed by atoms with van der Waals surface area (Å²) in [5.41, 5.74) is 0. The number of halogens is 1. The molecule has 1 unspecified atom stereocenters. The molecule has 0 amide bonds. The standard InChI is InChI=1S/C19H32N4O.HI/c1-4-20-19(21-15-17-11-12-23(5-2)16-17)22(3)13-14-24-18-9-7-6-8-10-18;/h6-10,17H,4-5,11-16H2,1-3H3,(H,20,21);1H. The molecule has 0 radical (unpaired) electrons. The monoisotopic (exact) mass is 460 g/mol. The van der Waals surface area contributed by atoms with E-state index in [1.807, 2.05) is 30.3 Å². The number of guanidine groups is 1. The molecule has 1 heterocycles. The van der Waals surface area contributed by atoms with E-state index >= 15 is 0 Å². The van der Waals surface area contributed by atoms with Crippen molar-refractivity contribution in [3.8, 4) is 5.75 Å². The van der Waals surface area contributed by atoms with Gasteiger partial charge >= 0.3 is 0 Å². The lowest BCUT2D eigenvalue weighted by Gasteiger charge is -2.22. The minimum Gasteiger partial charge on any atom is -0.492 e. The zero-order chi connectivity index (χ0) is 17.2. The van der Waals surface area contributed by atoms with Gasteiger partial charge in [-0.05, 0) is 44.5 Å². The highest BCUT2D eigenvalue weighted by atomic mass is 127. The number of nitrogens with zero attached hydrogens (tertiary/aromatic N) is 3. The van der Waals surface area contributed by atoms with Crippen molar-refractivity contribution in [1.29, 1.82) is 0 Å². The Labute approximate surface area is 169 Å². The molecule has 2 rings (SSSR count). The van der Waals surface area contributed by atoms with Crippen LogP contribution in [0.15, 0.2) is 35.3 Å². The maximum Gasteiger partial charge on any atom is 0.193 e. The Balaban J connectivity index is 0.00000312. The van der Waals surface area contributed by atoms with Crippen LogP contribution in [0.1, 0.15) is 20.3 Å². The Kier molecular flexibility index (Phi) is 10.9. The third kappa shape index (κ3) is 7.81. The zero-order valence-electron chi connectivity index (χ0n) is 15.8. The molecule has 142 valence electrons. The van der Waals surface area contributed by atoms with Gasteiger partial charge in [-0.3, -0.25) is 4.99 Å². The van der Waals surface area contributed by atoms with Crippen molar-refractivity contribution in [2.24, 2.45) is 10.9 Å². The summed E-state index contributed by atoms with van der Waals surface area (Å²) >= 11 is 0. The highest BCUT2D eigenvalue weighted by Crippen LogP contribution is 2.15. The molecule has 1 atom stereocenters. The quantitative estimate of drug-likeness (QED) is 0.368. The van der Waals surface area contributed by atoms with Crippen LogP contribution >= 0.6 is 24.0 Å². The van der Waals surface area contributed by atoms with Crippen LogP contribution in [-0.4, -0.2) is 68.7 Å². The van der Waals surface area contributed by atoms with Crippen LogP contribution in [0.5, 0.6) is 5.75 Å². The fraction of sp³-hybridized carbons (Fsp3) is 0.632. The molecule has 0 bridgehead atoms. The highest BCUT2D eigenvalue weighted by molar-refractivity contribution is 14.0. The molecule has 0 spiro atoms. The molecule has 1 N–H and O–H groups in total. The van der Waals surface area contributed by atoms with Gasteiger partial charge in [0.1, 0.15) is 12.4 Å². The summed E-state index contributed by atoms with van der Waals surface area (Å²) in [6.45, 7) is 11.1. The van der Waals surface area contributed by atoms with E-state index in [0.29, 0.717) is 12.5 Å². The lowest BCUT2D eigenvalue weighted by Crippen LogP contribution is -2.41. The molecule has 1 aromatic carbocycles. The largest absolute Gasteiger partial charge is 0.492 e. The molecule has 5 nitrogen and oxygen atoms in total. The van der Waals surface area contributed by atoms with Crippen LogP contribution in [-0.2, 0) is 0 Å². The Hall–Kier alpha value is -1.02. The lowest BCUT2D eigenvalue weighted by molar-refractivity contribution is 0.281. The van der Waals surface area contributed by atoms with Gasteiger partial charge in [-0.15, -0.1) is 24.0 Å². The van der Waals surface area contributed by atoms with Gasteiger partial charge in [0.2, 0.25) is 0 Å². The molecule has 6 heteroatoms. The van der Waals surface area contributed by atoms with E-state index in [2.05, 4.69) is 36.0 Å². The van der Waals surface area contributed by atoms with E-state index < -0.39 is 0 Å². The van der Waals surface area contributed by atoms with E-state index in [4.69, 9.17) is 9.73 Å². The SMILES string of the molecule is CCNC(=NCC1CCN(CC)C1)N(C)CCOc1ccccc1.I. The van der Waals surface area contributed by atoms with Gasteiger partial charge in [0, 0.05) is 26.7 Å². The van der Waals surface area contributed by atoms with Crippen LogP contribution in [0.3, 0.4) is 0 Å². The maximum atomic E-state index is 5.78. The van der Waals surface area contributed by atoms with Crippen molar-refractivity contribution in [3.05, 3.63) is 30.3 Å². The number of hydrogen-bond donors (Lipinski definition) is 1. The normalized spacial score (nSPS) is 17.9. The van der Waals surface area contributed by atoms with Crippen LogP contribution in [0, 0.1) is 5.92 Å². The number of aliphatic imine (C=N–C) groups is 1. The third-order valence-electron chi connectivity index (χ3n) is 4.45. The summed E-state index contributed by atoms with van der Waals surface area (Å²) in [6, 6.07) is 9.95. The average molecular weight is 460 g/mol. The third-order valence-corrected chi connectivity index (χ3v) is 4.45. The van der Waals surface area contributed by atoms with Crippen molar-refractivity contribution in [2.75, 3.05) is 52.9 Å². The van der Waals surface area contributed by atoms with Gasteiger partial charge in [0.25, 0.3) is 0 Å². The van der Waals surface area contributed by atoms with E-state index in [-0.39, 0.29) is 24.0 Å². The fourth-order valence-electron chi connectivity index (χ4n) is 2.96. The lowest BCUT2D eigenvalue weighted by atomic mass is 10.1. The van der Waals surface area contributed by atoms with Crippen molar-refractivity contribution in [3.63, 3.8) is 0 Å². The minimum atomic E-state index is 0. The summed E-state index contributed by atoms with van der Waals surface area (Å²) in [4.78, 5) is 9.50. The molecule has 0 saturated carbocycles. The van der Waals surface area contributed by atoms with Gasteiger partial charge in [-0.25, -0.2) is 0 Å². The van der Waals surface area contributed by atoms with Gasteiger partial charge in [-0.1, -0.05) is 25.1 Å². The smallest absolute Gasteiger partial charge is 0.193 e. The van der Waals surface area contributed by atoms with Gasteiger partial charge in [0.05, 0.1) is 6.54 Å². The van der Waals surface area contributed by atoms with Crippen molar-refractivity contribution in [2.45, 2.75) is 20.3 Å². The summed E-state index contributed by atoms with van der Waals surface area (Å²) in [5.74, 6) is 2.58. The van der Waals surface area contributed by atoms with E-state index in [1.165, 1.54) is 19.5 Å². The topological polar surface area (TPSA) is 40.1 Å². The summed E-state index contributed by atoms with van der Waals surface area (Å²) in [6.07, 6.45) is 1.26. The highest BCUT2D eigenvalue weighted by Gasteiger charge is 2.21. The molecule has 1 fully saturated rings. The van der Waals surface area contributed by atoms with Gasteiger partial charge < -0.3 is 19.9 Å². The number of rotatable bonds is 8. The molecule has 1 aliphatic rings. The molecule has 1 aromatic rings. The number of para-hydroxylation sites is 1. The van der Waals surface area contributed by atoms with Crippen LogP contribution in [0.25, 0.3) is 0 Å².